The summed E-state index contributed by atoms with van der Waals surface area (Å²) in [6, 6.07) is 12.6. The summed E-state index contributed by atoms with van der Waals surface area (Å²) in [6.07, 6.45) is 0. The molecule has 1 aromatic heterocycles. The summed E-state index contributed by atoms with van der Waals surface area (Å²) in [5.41, 5.74) is 1.06. The first-order valence-electron chi connectivity index (χ1n) is 10.7. The number of imide groups is 1. The van der Waals surface area contributed by atoms with E-state index in [1.165, 1.54) is 21.6 Å². The van der Waals surface area contributed by atoms with Crippen molar-refractivity contribution in [1.29, 1.82) is 0 Å². The zero-order valence-corrected chi connectivity index (χ0v) is 21.5. The van der Waals surface area contributed by atoms with E-state index in [1.54, 1.807) is 43.3 Å². The molecule has 1 saturated heterocycles. The minimum atomic E-state index is -0.809. The summed E-state index contributed by atoms with van der Waals surface area (Å²) in [5, 5.41) is -0.349. The number of thioether (sulfide) groups is 1. The van der Waals surface area contributed by atoms with E-state index in [9.17, 15) is 23.6 Å². The normalized spacial score (nSPS) is 21.1. The van der Waals surface area contributed by atoms with Gasteiger partial charge in [0.2, 0.25) is 11.8 Å². The first-order chi connectivity index (χ1) is 16.8. The monoisotopic (exact) mass is 576 g/mol. The second-order valence-electron chi connectivity index (χ2n) is 8.01. The molecule has 2 aliphatic rings. The average Bonchev–Trinajstić information content (AvgIpc) is 3.27. The predicted molar refractivity (Wildman–Crippen MR) is 133 cm³/mol. The molecule has 0 saturated carbocycles. The maximum Gasteiger partial charge on any atom is 0.326 e. The molecule has 5 rings (SSSR count). The molecule has 3 heterocycles. The number of amides is 2. The molecule has 0 N–H and O–H groups in total. The van der Waals surface area contributed by atoms with Gasteiger partial charge in [0.1, 0.15) is 17.6 Å². The Morgan fingerprint density at radius 1 is 1.06 bits per heavy atom. The van der Waals surface area contributed by atoms with Crippen LogP contribution in [-0.4, -0.2) is 34.2 Å². The third-order valence-corrected chi connectivity index (χ3v) is 9.09. The Morgan fingerprint density at radius 2 is 1.74 bits per heavy atom. The number of carbonyl (C=O) groups excluding carboxylic acids is 3. The fourth-order valence-electron chi connectivity index (χ4n) is 4.46. The molecule has 180 valence electrons. The molecule has 0 spiro atoms. The third-order valence-electron chi connectivity index (χ3n) is 5.96. The zero-order chi connectivity index (χ0) is 24.9. The van der Waals surface area contributed by atoms with Gasteiger partial charge in [-0.2, -0.15) is 0 Å². The average molecular weight is 577 g/mol. The molecule has 3 atom stereocenters. The van der Waals surface area contributed by atoms with Gasteiger partial charge < -0.3 is 4.74 Å². The van der Waals surface area contributed by atoms with Gasteiger partial charge in [0, 0.05) is 15.3 Å². The Balaban J connectivity index is 1.64. The Morgan fingerprint density at radius 3 is 2.40 bits per heavy atom. The minimum Gasteiger partial charge on any atom is -0.465 e. The highest BCUT2D eigenvalue weighted by Crippen LogP contribution is 2.53. The first kappa shape index (κ1) is 24.0. The van der Waals surface area contributed by atoms with Crippen LogP contribution in [0.4, 0.5) is 10.1 Å². The molecular weight excluding hydrogens is 559 g/mol. The summed E-state index contributed by atoms with van der Waals surface area (Å²) < 4.78 is 20.8. The van der Waals surface area contributed by atoms with Gasteiger partial charge in [-0.1, -0.05) is 51.2 Å². The van der Waals surface area contributed by atoms with Crippen LogP contribution in [0.5, 0.6) is 0 Å². The molecule has 2 aliphatic heterocycles. The summed E-state index contributed by atoms with van der Waals surface area (Å²) in [7, 11) is 0. The van der Waals surface area contributed by atoms with Gasteiger partial charge in [0.05, 0.1) is 23.2 Å². The lowest BCUT2D eigenvalue weighted by Crippen LogP contribution is -2.32. The van der Waals surface area contributed by atoms with E-state index in [-0.39, 0.29) is 23.9 Å². The van der Waals surface area contributed by atoms with Crippen LogP contribution in [0, 0.1) is 11.7 Å². The van der Waals surface area contributed by atoms with Crippen LogP contribution in [0.3, 0.4) is 0 Å². The first-order valence-corrected chi connectivity index (χ1v) is 13.2. The van der Waals surface area contributed by atoms with Crippen LogP contribution < -0.4 is 9.77 Å². The molecule has 0 bridgehead atoms. The number of anilines is 1. The molecular formula is C24H18BrFN2O5S2. The second kappa shape index (κ2) is 9.36. The molecule has 0 radical (unpaired) electrons. The van der Waals surface area contributed by atoms with Gasteiger partial charge >= 0.3 is 10.8 Å². The van der Waals surface area contributed by atoms with Crippen molar-refractivity contribution in [2.24, 2.45) is 5.92 Å². The van der Waals surface area contributed by atoms with Crippen LogP contribution in [0.2, 0.25) is 0 Å². The van der Waals surface area contributed by atoms with E-state index in [1.807, 2.05) is 0 Å². The van der Waals surface area contributed by atoms with Crippen molar-refractivity contribution >= 4 is 62.5 Å². The van der Waals surface area contributed by atoms with E-state index in [0.717, 1.165) is 27.6 Å². The second-order valence-corrected chi connectivity index (χ2v) is 11.0. The van der Waals surface area contributed by atoms with E-state index in [4.69, 9.17) is 4.74 Å². The van der Waals surface area contributed by atoms with Crippen LogP contribution in [0.1, 0.15) is 23.3 Å². The van der Waals surface area contributed by atoms with Crippen LogP contribution >= 0.6 is 39.0 Å². The summed E-state index contributed by atoms with van der Waals surface area (Å²) in [6.45, 7) is 1.55. The zero-order valence-electron chi connectivity index (χ0n) is 18.3. The third kappa shape index (κ3) is 4.15. The number of ether oxygens (including phenoxy) is 1. The lowest BCUT2D eigenvalue weighted by atomic mass is 9.83. The van der Waals surface area contributed by atoms with Gasteiger partial charge in [-0.25, -0.2) is 9.29 Å². The number of thiazole rings is 1. The molecule has 2 amide bonds. The smallest absolute Gasteiger partial charge is 0.326 e. The lowest BCUT2D eigenvalue weighted by Gasteiger charge is -2.30. The molecule has 1 fully saturated rings. The number of esters is 1. The van der Waals surface area contributed by atoms with Crippen LogP contribution in [-0.2, 0) is 25.7 Å². The number of benzene rings is 2. The number of aromatic nitrogens is 1. The van der Waals surface area contributed by atoms with E-state index < -0.39 is 34.8 Å². The van der Waals surface area contributed by atoms with Crippen molar-refractivity contribution in [3.8, 4) is 0 Å². The number of fused-ring (bicyclic) bond motifs is 2. The molecule has 2 unspecified atom stereocenters. The highest BCUT2D eigenvalue weighted by atomic mass is 79.9. The van der Waals surface area contributed by atoms with Crippen molar-refractivity contribution in [2.75, 3.05) is 11.5 Å². The van der Waals surface area contributed by atoms with E-state index in [2.05, 4.69) is 15.9 Å². The fraction of sp³-hybridized carbons (Fsp3) is 0.250. The van der Waals surface area contributed by atoms with Crippen LogP contribution in [0.25, 0.3) is 0 Å². The summed E-state index contributed by atoms with van der Waals surface area (Å²) >= 11 is 5.41. The summed E-state index contributed by atoms with van der Waals surface area (Å²) in [4.78, 5) is 53.7. The van der Waals surface area contributed by atoms with Crippen molar-refractivity contribution in [2.45, 2.75) is 29.7 Å². The quantitative estimate of drug-likeness (QED) is 0.335. The largest absolute Gasteiger partial charge is 0.465 e. The molecule has 7 nitrogen and oxygen atoms in total. The minimum absolute atomic E-state index is 0.172. The topological polar surface area (TPSA) is 85.7 Å². The van der Waals surface area contributed by atoms with Crippen molar-refractivity contribution in [3.63, 3.8) is 0 Å². The predicted octanol–water partition coefficient (Wildman–Crippen LogP) is 4.17. The Kier molecular flexibility index (Phi) is 6.41. The lowest BCUT2D eigenvalue weighted by molar-refractivity contribution is -0.144. The molecule has 0 aliphatic carbocycles. The van der Waals surface area contributed by atoms with Crippen LogP contribution in [0.15, 0.2) is 62.8 Å². The number of rotatable bonds is 5. The number of nitrogens with zero attached hydrogens (tertiary/aromatic N) is 2. The van der Waals surface area contributed by atoms with Gasteiger partial charge in [-0.05, 0) is 48.9 Å². The Hall–Kier alpha value is -2.76. The maximum atomic E-state index is 13.7. The van der Waals surface area contributed by atoms with E-state index >= 15 is 0 Å². The fourth-order valence-corrected chi connectivity index (χ4v) is 7.50. The molecule has 35 heavy (non-hydrogen) atoms. The summed E-state index contributed by atoms with van der Waals surface area (Å²) in [5.74, 6) is -3.22. The van der Waals surface area contributed by atoms with E-state index in [0.29, 0.717) is 21.2 Å². The molecule has 11 heteroatoms. The Labute approximate surface area is 216 Å². The number of halogens is 2. The number of carbonyl (C=O) groups is 3. The SMILES string of the molecule is CCOC(=O)Cn1c2c(sc1=O)[C@H](c1ccc(F)cc1)C1C(=O)N(c3ccc(Br)cc3)C(=O)C1S2. The van der Waals surface area contributed by atoms with Gasteiger partial charge in [-0.3, -0.25) is 23.7 Å². The van der Waals surface area contributed by atoms with Crippen molar-refractivity contribution in [3.05, 3.63) is 78.9 Å². The van der Waals surface area contributed by atoms with Gasteiger partial charge in [0.15, 0.2) is 0 Å². The van der Waals surface area contributed by atoms with Gasteiger partial charge in [-0.15, -0.1) is 0 Å². The number of hydrogen-bond donors (Lipinski definition) is 0. The molecule has 2 aromatic carbocycles. The number of hydrogen-bond acceptors (Lipinski definition) is 7. The van der Waals surface area contributed by atoms with Gasteiger partial charge in [0.25, 0.3) is 0 Å². The van der Waals surface area contributed by atoms with Crippen molar-refractivity contribution < 1.29 is 23.5 Å². The maximum absolute atomic E-state index is 13.7. The standard InChI is InChI=1S/C24H18BrFN2O5S2/c1-2-33-16(29)11-27-23-20(35-24(27)32)17(12-3-7-14(26)8-4-12)18-19(34-23)22(31)28(21(18)30)15-9-5-13(25)6-10-15/h3-10,17-19H,2,11H2,1H3/t17-,18?,19?/m1/s1. The van der Waals surface area contributed by atoms with Crippen molar-refractivity contribution in [1.82, 2.24) is 4.57 Å². The molecule has 3 aromatic rings. The highest BCUT2D eigenvalue weighted by molar-refractivity contribution is 9.10. The highest BCUT2D eigenvalue weighted by Gasteiger charge is 2.56. The Bertz CT molecular complexity index is 1390.